The van der Waals surface area contributed by atoms with Gasteiger partial charge in [-0.2, -0.15) is 0 Å². The minimum atomic E-state index is -0.525. The zero-order chi connectivity index (χ0) is 14.9. The number of anilines is 1. The summed E-state index contributed by atoms with van der Waals surface area (Å²) in [7, 11) is 4.06. The molecular weight excluding hydrogens is 276 g/mol. The van der Waals surface area contributed by atoms with E-state index in [-0.39, 0.29) is 12.1 Å². The van der Waals surface area contributed by atoms with Crippen molar-refractivity contribution in [3.05, 3.63) is 28.8 Å². The molecule has 0 amide bonds. The average molecular weight is 299 g/mol. The molecule has 0 aliphatic carbocycles. The Hall–Kier alpha value is -0.810. The first-order valence-corrected chi connectivity index (χ1v) is 7.33. The highest BCUT2D eigenvalue weighted by atomic mass is 35.5. The van der Waals surface area contributed by atoms with Crippen molar-refractivity contribution < 1.29 is 10.2 Å². The Kier molecular flexibility index (Phi) is 4.91. The first kappa shape index (κ1) is 15.6. The van der Waals surface area contributed by atoms with Gasteiger partial charge in [0, 0.05) is 19.1 Å². The van der Waals surface area contributed by atoms with E-state index in [4.69, 9.17) is 11.6 Å². The van der Waals surface area contributed by atoms with Gasteiger partial charge in [-0.15, -0.1) is 0 Å². The highest BCUT2D eigenvalue weighted by Crippen LogP contribution is 2.34. The standard InChI is InChI=1S/C15H23ClN2O2/c1-10(19)11-4-5-15(14(16)6-11)18-9-13(20)7-12(18)8-17(2)3/h4-6,10,12-13,19-20H,7-9H2,1-3H3/t10-,12?,13?/m0/s1. The maximum atomic E-state index is 9.93. The highest BCUT2D eigenvalue weighted by Gasteiger charge is 2.32. The van der Waals surface area contributed by atoms with E-state index >= 15 is 0 Å². The van der Waals surface area contributed by atoms with Crippen LogP contribution < -0.4 is 4.90 Å². The lowest BCUT2D eigenvalue weighted by molar-refractivity contribution is 0.191. The first-order valence-electron chi connectivity index (χ1n) is 6.95. The molecule has 112 valence electrons. The summed E-state index contributed by atoms with van der Waals surface area (Å²) in [6.07, 6.45) is -0.0807. The zero-order valence-electron chi connectivity index (χ0n) is 12.3. The number of aliphatic hydroxyl groups excluding tert-OH is 2. The number of halogens is 1. The smallest absolute Gasteiger partial charge is 0.0762 e. The maximum Gasteiger partial charge on any atom is 0.0762 e. The molecule has 0 saturated carbocycles. The summed E-state index contributed by atoms with van der Waals surface area (Å²) < 4.78 is 0. The Balaban J connectivity index is 2.25. The number of benzene rings is 1. The monoisotopic (exact) mass is 298 g/mol. The molecule has 2 unspecified atom stereocenters. The fourth-order valence-corrected chi connectivity index (χ4v) is 3.10. The summed E-state index contributed by atoms with van der Waals surface area (Å²) in [5.41, 5.74) is 1.74. The van der Waals surface area contributed by atoms with E-state index in [2.05, 4.69) is 9.80 Å². The Morgan fingerprint density at radius 1 is 1.45 bits per heavy atom. The van der Waals surface area contributed by atoms with E-state index in [0.29, 0.717) is 11.6 Å². The quantitative estimate of drug-likeness (QED) is 0.891. The van der Waals surface area contributed by atoms with Gasteiger partial charge in [-0.25, -0.2) is 0 Å². The van der Waals surface area contributed by atoms with Crippen LogP contribution in [-0.2, 0) is 0 Å². The van der Waals surface area contributed by atoms with Gasteiger partial charge in [0.05, 0.1) is 22.9 Å². The Morgan fingerprint density at radius 2 is 2.15 bits per heavy atom. The third kappa shape index (κ3) is 3.44. The van der Waals surface area contributed by atoms with Crippen LogP contribution in [0.5, 0.6) is 0 Å². The highest BCUT2D eigenvalue weighted by molar-refractivity contribution is 6.33. The van der Waals surface area contributed by atoms with Crippen molar-refractivity contribution in [3.63, 3.8) is 0 Å². The lowest BCUT2D eigenvalue weighted by Crippen LogP contribution is -2.37. The number of rotatable bonds is 4. The number of β-amino-alcohol motifs (C(OH)–C–C–N with tert-alkyl or cyclic N) is 1. The van der Waals surface area contributed by atoms with Crippen molar-refractivity contribution in [1.82, 2.24) is 4.90 Å². The number of nitrogens with zero attached hydrogens (tertiary/aromatic N) is 2. The molecule has 5 heteroatoms. The van der Waals surface area contributed by atoms with Crippen molar-refractivity contribution in [3.8, 4) is 0 Å². The number of likely N-dealkylation sites (N-methyl/N-ethyl adjacent to an activating group) is 1. The lowest BCUT2D eigenvalue weighted by Gasteiger charge is -2.29. The Labute approximate surface area is 125 Å². The SMILES string of the molecule is C[C@H](O)c1ccc(N2CC(O)CC2CN(C)C)c(Cl)c1. The fourth-order valence-electron chi connectivity index (χ4n) is 2.80. The summed E-state index contributed by atoms with van der Waals surface area (Å²) in [5, 5.41) is 20.2. The van der Waals surface area contributed by atoms with Crippen LogP contribution in [0.2, 0.25) is 5.02 Å². The molecule has 1 aromatic rings. The van der Waals surface area contributed by atoms with Crippen LogP contribution in [0.15, 0.2) is 18.2 Å². The molecule has 0 bridgehead atoms. The average Bonchev–Trinajstić information content (AvgIpc) is 2.68. The van der Waals surface area contributed by atoms with E-state index < -0.39 is 6.10 Å². The second-order valence-corrected chi connectivity index (χ2v) is 6.25. The summed E-state index contributed by atoms with van der Waals surface area (Å²) >= 11 is 6.36. The van der Waals surface area contributed by atoms with Gasteiger partial charge in [0.1, 0.15) is 0 Å². The van der Waals surface area contributed by atoms with E-state index in [1.165, 1.54) is 0 Å². The summed E-state index contributed by atoms with van der Waals surface area (Å²) in [5.74, 6) is 0. The first-order chi connectivity index (χ1) is 9.38. The topological polar surface area (TPSA) is 46.9 Å². The van der Waals surface area contributed by atoms with E-state index in [9.17, 15) is 10.2 Å². The molecule has 1 heterocycles. The summed E-state index contributed by atoms with van der Waals surface area (Å²) in [6, 6.07) is 5.89. The van der Waals surface area contributed by atoms with Gasteiger partial charge in [-0.1, -0.05) is 17.7 Å². The van der Waals surface area contributed by atoms with Gasteiger partial charge in [0.25, 0.3) is 0 Å². The van der Waals surface area contributed by atoms with Crippen molar-refractivity contribution in [2.45, 2.75) is 31.6 Å². The number of hydrogen-bond acceptors (Lipinski definition) is 4. The maximum absolute atomic E-state index is 9.93. The molecule has 1 aliphatic heterocycles. The van der Waals surface area contributed by atoms with Crippen molar-refractivity contribution in [2.24, 2.45) is 0 Å². The Bertz CT molecular complexity index is 465. The summed E-state index contributed by atoms with van der Waals surface area (Å²) in [4.78, 5) is 4.28. The molecule has 3 atom stereocenters. The molecule has 2 N–H and O–H groups in total. The molecule has 1 aliphatic rings. The lowest BCUT2D eigenvalue weighted by atomic mass is 10.1. The number of aliphatic hydroxyl groups is 2. The molecule has 2 rings (SSSR count). The van der Waals surface area contributed by atoms with Gasteiger partial charge in [0.15, 0.2) is 0 Å². The molecule has 0 aromatic heterocycles. The van der Waals surface area contributed by atoms with Gasteiger partial charge in [-0.05, 0) is 45.1 Å². The van der Waals surface area contributed by atoms with E-state index in [0.717, 1.165) is 24.2 Å². The molecule has 1 saturated heterocycles. The Morgan fingerprint density at radius 3 is 2.70 bits per heavy atom. The van der Waals surface area contributed by atoms with Crippen molar-refractivity contribution >= 4 is 17.3 Å². The second-order valence-electron chi connectivity index (χ2n) is 5.84. The van der Waals surface area contributed by atoms with Crippen LogP contribution in [0.3, 0.4) is 0 Å². The molecular formula is C15H23ClN2O2. The van der Waals surface area contributed by atoms with E-state index in [1.54, 1.807) is 13.0 Å². The fraction of sp³-hybridized carbons (Fsp3) is 0.600. The molecule has 0 radical (unpaired) electrons. The van der Waals surface area contributed by atoms with Crippen LogP contribution in [0.25, 0.3) is 0 Å². The van der Waals surface area contributed by atoms with Gasteiger partial charge in [0.2, 0.25) is 0 Å². The van der Waals surface area contributed by atoms with Gasteiger partial charge < -0.3 is 20.0 Å². The van der Waals surface area contributed by atoms with Crippen LogP contribution in [0.4, 0.5) is 5.69 Å². The van der Waals surface area contributed by atoms with Crippen LogP contribution in [0, 0.1) is 0 Å². The van der Waals surface area contributed by atoms with Gasteiger partial charge in [-0.3, -0.25) is 0 Å². The minimum absolute atomic E-state index is 0.259. The van der Waals surface area contributed by atoms with Crippen LogP contribution in [0.1, 0.15) is 25.0 Å². The van der Waals surface area contributed by atoms with Crippen molar-refractivity contribution in [1.29, 1.82) is 0 Å². The van der Waals surface area contributed by atoms with Gasteiger partial charge >= 0.3 is 0 Å². The molecule has 1 fully saturated rings. The summed E-state index contributed by atoms with van der Waals surface area (Å²) in [6.45, 7) is 3.21. The third-order valence-corrected chi connectivity index (χ3v) is 4.03. The molecule has 4 nitrogen and oxygen atoms in total. The second kappa shape index (κ2) is 6.31. The minimum Gasteiger partial charge on any atom is -0.391 e. The molecule has 0 spiro atoms. The normalized spacial score (nSPS) is 24.4. The van der Waals surface area contributed by atoms with Crippen LogP contribution in [-0.4, -0.2) is 54.4 Å². The van der Waals surface area contributed by atoms with Crippen LogP contribution >= 0.6 is 11.6 Å². The molecule has 1 aromatic carbocycles. The largest absolute Gasteiger partial charge is 0.391 e. The zero-order valence-corrected chi connectivity index (χ0v) is 13.0. The number of hydrogen-bond donors (Lipinski definition) is 2. The van der Waals surface area contributed by atoms with Crippen molar-refractivity contribution in [2.75, 3.05) is 32.1 Å². The molecule has 20 heavy (non-hydrogen) atoms. The predicted molar refractivity (Wildman–Crippen MR) is 82.4 cm³/mol. The van der Waals surface area contributed by atoms with E-state index in [1.807, 2.05) is 26.2 Å². The third-order valence-electron chi connectivity index (χ3n) is 3.73. The predicted octanol–water partition coefficient (Wildman–Crippen LogP) is 1.89.